The highest BCUT2D eigenvalue weighted by Gasteiger charge is 2.18. The summed E-state index contributed by atoms with van der Waals surface area (Å²) in [6.07, 6.45) is 0. The largest absolute Gasteiger partial charge is 0.355 e. The van der Waals surface area contributed by atoms with Crippen LogP contribution in [0.4, 0.5) is 5.69 Å². The number of benzene rings is 2. The van der Waals surface area contributed by atoms with Gasteiger partial charge in [-0.1, -0.05) is 43.7 Å². The maximum absolute atomic E-state index is 5.56. The van der Waals surface area contributed by atoms with Gasteiger partial charge in [0, 0.05) is 5.69 Å². The molecular weight excluding hydrogens is 312 g/mol. The first-order chi connectivity index (χ1) is 11.3. The van der Waals surface area contributed by atoms with Gasteiger partial charge >= 0.3 is 0 Å². The molecule has 2 rings (SSSR count). The lowest BCUT2D eigenvalue weighted by atomic mass is 9.92. The Morgan fingerprint density at radius 3 is 2.04 bits per heavy atom. The van der Waals surface area contributed by atoms with Crippen molar-refractivity contribution in [3.05, 3.63) is 64.2 Å². The molecule has 1 unspecified atom stereocenters. The molecule has 2 nitrogen and oxygen atoms in total. The summed E-state index contributed by atoms with van der Waals surface area (Å²) in [4.78, 5) is 0. The Kier molecular flexibility index (Phi) is 6.00. The van der Waals surface area contributed by atoms with Gasteiger partial charge in [-0.15, -0.1) is 0 Å². The van der Waals surface area contributed by atoms with Crippen molar-refractivity contribution in [1.29, 1.82) is 0 Å². The minimum atomic E-state index is 0.191. The number of anilines is 1. The molecule has 0 aliphatic heterocycles. The van der Waals surface area contributed by atoms with Gasteiger partial charge in [-0.3, -0.25) is 0 Å². The predicted octanol–water partition coefficient (Wildman–Crippen LogP) is 5.60. The van der Waals surface area contributed by atoms with Crippen molar-refractivity contribution in [2.75, 3.05) is 5.32 Å². The van der Waals surface area contributed by atoms with E-state index in [0.29, 0.717) is 11.0 Å². The van der Waals surface area contributed by atoms with E-state index in [4.69, 9.17) is 12.2 Å². The third-order valence-corrected chi connectivity index (χ3v) is 4.41. The van der Waals surface area contributed by atoms with Crippen LogP contribution in [0, 0.1) is 33.6 Å². The first kappa shape index (κ1) is 18.5. The van der Waals surface area contributed by atoms with Gasteiger partial charge in [-0.25, -0.2) is 0 Å². The van der Waals surface area contributed by atoms with Gasteiger partial charge in [0.25, 0.3) is 0 Å². The highest BCUT2D eigenvalue weighted by molar-refractivity contribution is 7.80. The van der Waals surface area contributed by atoms with Crippen LogP contribution in [0.5, 0.6) is 0 Å². The minimum absolute atomic E-state index is 0.191. The van der Waals surface area contributed by atoms with Crippen molar-refractivity contribution < 1.29 is 0 Å². The van der Waals surface area contributed by atoms with E-state index in [1.54, 1.807) is 0 Å². The lowest BCUT2D eigenvalue weighted by Crippen LogP contribution is -2.35. The second-order valence-electron chi connectivity index (χ2n) is 7.06. The fourth-order valence-corrected chi connectivity index (χ4v) is 3.38. The number of thiocarbonyl (C=S) groups is 1. The number of aryl methyl sites for hydroxylation is 4. The van der Waals surface area contributed by atoms with Gasteiger partial charge in [0.15, 0.2) is 5.11 Å². The van der Waals surface area contributed by atoms with E-state index in [9.17, 15) is 0 Å². The molecular formula is C21H28N2S. The lowest BCUT2D eigenvalue weighted by Gasteiger charge is -2.26. The third-order valence-electron chi connectivity index (χ3n) is 4.19. The topological polar surface area (TPSA) is 24.1 Å². The Morgan fingerprint density at radius 2 is 1.50 bits per heavy atom. The maximum atomic E-state index is 5.56. The van der Waals surface area contributed by atoms with Crippen LogP contribution in [0.3, 0.4) is 0 Å². The number of rotatable bonds is 4. The van der Waals surface area contributed by atoms with E-state index in [-0.39, 0.29) is 6.04 Å². The quantitative estimate of drug-likeness (QED) is 0.708. The minimum Gasteiger partial charge on any atom is -0.355 e. The zero-order valence-electron chi connectivity index (χ0n) is 15.5. The molecule has 0 saturated carbocycles. The third kappa shape index (κ3) is 4.81. The summed E-state index contributed by atoms with van der Waals surface area (Å²) in [7, 11) is 0. The lowest BCUT2D eigenvalue weighted by molar-refractivity contribution is 0.471. The molecule has 0 saturated heterocycles. The Balaban J connectivity index is 2.16. The van der Waals surface area contributed by atoms with Crippen LogP contribution in [-0.2, 0) is 0 Å². The second-order valence-corrected chi connectivity index (χ2v) is 7.46. The SMILES string of the molecule is Cc1cc(C)cc(NC(=S)NC(c2ccc(C)cc2C)C(C)C)c1. The molecule has 128 valence electrons. The molecule has 24 heavy (non-hydrogen) atoms. The van der Waals surface area contributed by atoms with Crippen molar-refractivity contribution in [2.45, 2.75) is 47.6 Å². The standard InChI is InChI=1S/C21H28N2S/c1-13(2)20(19-8-7-14(3)10-17(19)6)23-21(24)22-18-11-15(4)9-16(5)12-18/h7-13,20H,1-6H3,(H2,22,23,24). The van der Waals surface area contributed by atoms with Crippen LogP contribution in [-0.4, -0.2) is 5.11 Å². The van der Waals surface area contributed by atoms with Gasteiger partial charge in [-0.2, -0.15) is 0 Å². The summed E-state index contributed by atoms with van der Waals surface area (Å²) in [6.45, 7) is 12.9. The molecule has 0 aliphatic carbocycles. The predicted molar refractivity (Wildman–Crippen MR) is 109 cm³/mol. The summed E-state index contributed by atoms with van der Waals surface area (Å²) in [5, 5.41) is 7.50. The van der Waals surface area contributed by atoms with Crippen molar-refractivity contribution >= 4 is 23.0 Å². The van der Waals surface area contributed by atoms with E-state index < -0.39 is 0 Å². The van der Waals surface area contributed by atoms with Crippen LogP contribution in [0.25, 0.3) is 0 Å². The molecule has 0 spiro atoms. The van der Waals surface area contributed by atoms with Crippen molar-refractivity contribution in [3.63, 3.8) is 0 Å². The Hall–Kier alpha value is -1.87. The maximum Gasteiger partial charge on any atom is 0.171 e. The fraction of sp³-hybridized carbons (Fsp3) is 0.381. The fourth-order valence-electron chi connectivity index (χ4n) is 3.13. The van der Waals surface area contributed by atoms with Crippen LogP contribution in [0.1, 0.15) is 47.7 Å². The molecule has 0 radical (unpaired) electrons. The smallest absolute Gasteiger partial charge is 0.171 e. The average molecular weight is 341 g/mol. The first-order valence-corrected chi connectivity index (χ1v) is 8.90. The highest BCUT2D eigenvalue weighted by Crippen LogP contribution is 2.26. The Morgan fingerprint density at radius 1 is 0.875 bits per heavy atom. The van der Waals surface area contributed by atoms with Crippen LogP contribution >= 0.6 is 12.2 Å². The summed E-state index contributed by atoms with van der Waals surface area (Å²) in [5.41, 5.74) is 7.39. The number of hydrogen-bond donors (Lipinski definition) is 2. The molecule has 0 amide bonds. The highest BCUT2D eigenvalue weighted by atomic mass is 32.1. The monoisotopic (exact) mass is 340 g/mol. The average Bonchev–Trinajstić information content (AvgIpc) is 2.44. The first-order valence-electron chi connectivity index (χ1n) is 8.49. The van der Waals surface area contributed by atoms with E-state index in [0.717, 1.165) is 5.69 Å². The molecule has 2 N–H and O–H groups in total. The zero-order chi connectivity index (χ0) is 17.9. The van der Waals surface area contributed by atoms with Crippen molar-refractivity contribution in [3.8, 4) is 0 Å². The summed E-state index contributed by atoms with van der Waals surface area (Å²) < 4.78 is 0. The van der Waals surface area contributed by atoms with Gasteiger partial charge in [-0.05, 0) is 80.2 Å². The van der Waals surface area contributed by atoms with E-state index in [1.807, 2.05) is 0 Å². The second kappa shape index (κ2) is 7.80. The zero-order valence-corrected chi connectivity index (χ0v) is 16.3. The molecule has 0 heterocycles. The summed E-state index contributed by atoms with van der Waals surface area (Å²) in [5.74, 6) is 0.436. The normalized spacial score (nSPS) is 12.1. The van der Waals surface area contributed by atoms with Gasteiger partial charge < -0.3 is 10.6 Å². The molecule has 3 heteroatoms. The van der Waals surface area contributed by atoms with Crippen LogP contribution in [0.2, 0.25) is 0 Å². The Labute approximate surface area is 151 Å². The number of nitrogens with one attached hydrogen (secondary N) is 2. The summed E-state index contributed by atoms with van der Waals surface area (Å²) >= 11 is 5.56. The van der Waals surface area contributed by atoms with Crippen molar-refractivity contribution in [1.82, 2.24) is 5.32 Å². The summed E-state index contributed by atoms with van der Waals surface area (Å²) in [6, 6.07) is 13.2. The van der Waals surface area contributed by atoms with Crippen LogP contribution in [0.15, 0.2) is 36.4 Å². The van der Waals surface area contributed by atoms with E-state index in [1.165, 1.54) is 27.8 Å². The van der Waals surface area contributed by atoms with Crippen molar-refractivity contribution in [2.24, 2.45) is 5.92 Å². The molecule has 0 aliphatic rings. The molecule has 0 bridgehead atoms. The van der Waals surface area contributed by atoms with Gasteiger partial charge in [0.05, 0.1) is 6.04 Å². The van der Waals surface area contributed by atoms with E-state index >= 15 is 0 Å². The van der Waals surface area contributed by atoms with Gasteiger partial charge in [0.2, 0.25) is 0 Å². The molecule has 0 fully saturated rings. The molecule has 2 aromatic rings. The number of hydrogen-bond acceptors (Lipinski definition) is 1. The Bertz CT molecular complexity index is 714. The molecule has 1 atom stereocenters. The molecule has 2 aromatic carbocycles. The van der Waals surface area contributed by atoms with Gasteiger partial charge in [0.1, 0.15) is 0 Å². The van der Waals surface area contributed by atoms with E-state index in [2.05, 4.69) is 88.6 Å². The van der Waals surface area contributed by atoms with Crippen LogP contribution < -0.4 is 10.6 Å². The molecule has 0 aromatic heterocycles.